The van der Waals surface area contributed by atoms with Crippen molar-refractivity contribution in [3.8, 4) is 0 Å². The second-order valence-electron chi connectivity index (χ2n) is 4.94. The van der Waals surface area contributed by atoms with Gasteiger partial charge in [0.1, 0.15) is 0 Å². The highest BCUT2D eigenvalue weighted by Crippen LogP contribution is 2.27. The lowest BCUT2D eigenvalue weighted by molar-refractivity contribution is 0.680. The first kappa shape index (κ1) is 13.2. The summed E-state index contributed by atoms with van der Waals surface area (Å²) in [4.78, 5) is 0. The lowest BCUT2D eigenvalue weighted by atomic mass is 9.88. The second kappa shape index (κ2) is 6.05. The van der Waals surface area contributed by atoms with Crippen molar-refractivity contribution < 1.29 is 0 Å². The average molecular weight is 219 g/mol. The van der Waals surface area contributed by atoms with Gasteiger partial charge in [-0.2, -0.15) is 0 Å². The van der Waals surface area contributed by atoms with Gasteiger partial charge in [-0.25, -0.2) is 0 Å². The summed E-state index contributed by atoms with van der Waals surface area (Å²) in [5, 5.41) is 0. The molecule has 1 aromatic rings. The first-order chi connectivity index (χ1) is 7.60. The van der Waals surface area contributed by atoms with Crippen LogP contribution in [-0.2, 0) is 6.42 Å². The Morgan fingerprint density at radius 3 is 2.38 bits per heavy atom. The van der Waals surface area contributed by atoms with E-state index >= 15 is 0 Å². The molecule has 0 bridgehead atoms. The van der Waals surface area contributed by atoms with Crippen molar-refractivity contribution in [2.45, 2.75) is 52.4 Å². The third kappa shape index (κ3) is 3.08. The van der Waals surface area contributed by atoms with Gasteiger partial charge >= 0.3 is 0 Å². The predicted molar refractivity (Wildman–Crippen MR) is 72.0 cm³/mol. The van der Waals surface area contributed by atoms with Crippen LogP contribution in [0.1, 0.15) is 62.6 Å². The molecule has 1 atom stereocenters. The standard InChI is InChI=1S/C15H25N/c1-5-13-6-7-14(11(2)3)10-15(13)12(4)8-9-16/h6-7,10-12H,5,8-9,16H2,1-4H3. The highest BCUT2D eigenvalue weighted by molar-refractivity contribution is 5.35. The van der Waals surface area contributed by atoms with Crippen molar-refractivity contribution in [3.63, 3.8) is 0 Å². The van der Waals surface area contributed by atoms with Crippen LogP contribution in [0.3, 0.4) is 0 Å². The van der Waals surface area contributed by atoms with E-state index in [1.165, 1.54) is 16.7 Å². The number of nitrogens with two attached hydrogens (primary N) is 1. The molecular formula is C15H25N. The number of aryl methyl sites for hydroxylation is 1. The molecule has 2 N–H and O–H groups in total. The highest BCUT2D eigenvalue weighted by Gasteiger charge is 2.11. The summed E-state index contributed by atoms with van der Waals surface area (Å²) in [7, 11) is 0. The predicted octanol–water partition coefficient (Wildman–Crippen LogP) is 3.82. The Morgan fingerprint density at radius 1 is 1.19 bits per heavy atom. The molecule has 0 saturated heterocycles. The first-order valence-electron chi connectivity index (χ1n) is 6.42. The van der Waals surface area contributed by atoms with Crippen molar-refractivity contribution in [2.75, 3.05) is 6.54 Å². The molecule has 1 unspecified atom stereocenters. The van der Waals surface area contributed by atoms with Gasteiger partial charge in [0.05, 0.1) is 0 Å². The maximum atomic E-state index is 5.66. The molecular weight excluding hydrogens is 194 g/mol. The first-order valence-corrected chi connectivity index (χ1v) is 6.42. The third-order valence-corrected chi connectivity index (χ3v) is 3.35. The van der Waals surface area contributed by atoms with Gasteiger partial charge in [-0.1, -0.05) is 45.9 Å². The van der Waals surface area contributed by atoms with E-state index in [0.717, 1.165) is 19.4 Å². The summed E-state index contributed by atoms with van der Waals surface area (Å²) in [5.41, 5.74) is 10.1. The summed E-state index contributed by atoms with van der Waals surface area (Å²) < 4.78 is 0. The summed E-state index contributed by atoms with van der Waals surface area (Å²) in [6.07, 6.45) is 2.19. The van der Waals surface area contributed by atoms with E-state index in [-0.39, 0.29) is 0 Å². The summed E-state index contributed by atoms with van der Waals surface area (Å²) in [6.45, 7) is 9.78. The second-order valence-corrected chi connectivity index (χ2v) is 4.94. The van der Waals surface area contributed by atoms with Gasteiger partial charge in [0.15, 0.2) is 0 Å². The van der Waals surface area contributed by atoms with Crippen LogP contribution >= 0.6 is 0 Å². The molecule has 0 aromatic heterocycles. The molecule has 0 saturated carbocycles. The monoisotopic (exact) mass is 219 g/mol. The lowest BCUT2D eigenvalue weighted by Crippen LogP contribution is -2.07. The van der Waals surface area contributed by atoms with Gasteiger partial charge in [0.2, 0.25) is 0 Å². The van der Waals surface area contributed by atoms with Crippen molar-refractivity contribution >= 4 is 0 Å². The number of benzene rings is 1. The summed E-state index contributed by atoms with van der Waals surface area (Å²) in [5.74, 6) is 1.19. The van der Waals surface area contributed by atoms with Gasteiger partial charge in [-0.3, -0.25) is 0 Å². The fourth-order valence-electron chi connectivity index (χ4n) is 2.16. The van der Waals surface area contributed by atoms with Crippen molar-refractivity contribution in [2.24, 2.45) is 5.73 Å². The van der Waals surface area contributed by atoms with Crippen LogP contribution in [0.15, 0.2) is 18.2 Å². The Kier molecular flexibility index (Phi) is 5.01. The van der Waals surface area contributed by atoms with Gasteiger partial charge < -0.3 is 5.73 Å². The normalized spacial score (nSPS) is 13.1. The van der Waals surface area contributed by atoms with E-state index in [9.17, 15) is 0 Å². The van der Waals surface area contributed by atoms with E-state index in [4.69, 9.17) is 5.73 Å². The quantitative estimate of drug-likeness (QED) is 0.800. The molecule has 0 aliphatic carbocycles. The van der Waals surface area contributed by atoms with Crippen LogP contribution in [0.2, 0.25) is 0 Å². The maximum Gasteiger partial charge on any atom is -0.00715 e. The fourth-order valence-corrected chi connectivity index (χ4v) is 2.16. The molecule has 90 valence electrons. The van der Waals surface area contributed by atoms with Crippen LogP contribution in [-0.4, -0.2) is 6.54 Å². The largest absolute Gasteiger partial charge is 0.330 e. The molecule has 1 nitrogen and oxygen atoms in total. The zero-order valence-corrected chi connectivity index (χ0v) is 11.1. The summed E-state index contributed by atoms with van der Waals surface area (Å²) >= 11 is 0. The van der Waals surface area contributed by atoms with E-state index in [2.05, 4.69) is 45.9 Å². The SMILES string of the molecule is CCc1ccc(C(C)C)cc1C(C)CCN. The van der Waals surface area contributed by atoms with E-state index < -0.39 is 0 Å². The zero-order chi connectivity index (χ0) is 12.1. The van der Waals surface area contributed by atoms with Gasteiger partial charge in [-0.15, -0.1) is 0 Å². The minimum atomic E-state index is 0.582. The Balaban J connectivity index is 3.06. The molecule has 1 rings (SSSR count). The Labute approximate surface area is 100 Å². The van der Waals surface area contributed by atoms with Crippen LogP contribution < -0.4 is 5.73 Å². The molecule has 0 radical (unpaired) electrons. The van der Waals surface area contributed by atoms with Crippen molar-refractivity contribution in [3.05, 3.63) is 34.9 Å². The fraction of sp³-hybridized carbons (Fsp3) is 0.600. The van der Waals surface area contributed by atoms with Crippen LogP contribution in [0.25, 0.3) is 0 Å². The van der Waals surface area contributed by atoms with Gasteiger partial charge in [0.25, 0.3) is 0 Å². The molecule has 16 heavy (non-hydrogen) atoms. The van der Waals surface area contributed by atoms with Crippen LogP contribution in [0.5, 0.6) is 0 Å². The Morgan fingerprint density at radius 2 is 1.88 bits per heavy atom. The van der Waals surface area contributed by atoms with E-state index in [1.54, 1.807) is 0 Å². The maximum absolute atomic E-state index is 5.66. The summed E-state index contributed by atoms with van der Waals surface area (Å²) in [6, 6.07) is 6.93. The van der Waals surface area contributed by atoms with Gasteiger partial charge in [0, 0.05) is 0 Å². The minimum absolute atomic E-state index is 0.582. The topological polar surface area (TPSA) is 26.0 Å². The van der Waals surface area contributed by atoms with Crippen LogP contribution in [0.4, 0.5) is 0 Å². The van der Waals surface area contributed by atoms with E-state index in [0.29, 0.717) is 11.8 Å². The molecule has 0 spiro atoms. The lowest BCUT2D eigenvalue weighted by Gasteiger charge is -2.18. The number of rotatable bonds is 5. The third-order valence-electron chi connectivity index (χ3n) is 3.35. The molecule has 1 aromatic carbocycles. The highest BCUT2D eigenvalue weighted by atomic mass is 14.5. The zero-order valence-electron chi connectivity index (χ0n) is 11.1. The van der Waals surface area contributed by atoms with Crippen molar-refractivity contribution in [1.29, 1.82) is 0 Å². The van der Waals surface area contributed by atoms with Gasteiger partial charge in [-0.05, 0) is 47.9 Å². The smallest absolute Gasteiger partial charge is 0.00715 e. The van der Waals surface area contributed by atoms with E-state index in [1.807, 2.05) is 0 Å². The molecule has 0 aliphatic rings. The Hall–Kier alpha value is -0.820. The minimum Gasteiger partial charge on any atom is -0.330 e. The molecule has 0 amide bonds. The molecule has 0 fully saturated rings. The number of hydrogen-bond donors (Lipinski definition) is 1. The molecule has 0 heterocycles. The Bertz CT molecular complexity index is 328. The van der Waals surface area contributed by atoms with Crippen LogP contribution in [0, 0.1) is 0 Å². The molecule has 1 heteroatoms. The number of hydrogen-bond acceptors (Lipinski definition) is 1. The molecule has 0 aliphatic heterocycles. The van der Waals surface area contributed by atoms with Crippen molar-refractivity contribution in [1.82, 2.24) is 0 Å². The average Bonchev–Trinajstić information content (AvgIpc) is 2.28.